The number of sulfonamides is 3. The lowest BCUT2D eigenvalue weighted by Gasteiger charge is -2.43. The van der Waals surface area contributed by atoms with Crippen LogP contribution in [0.25, 0.3) is 0 Å². The van der Waals surface area contributed by atoms with E-state index in [-0.39, 0.29) is 56.3 Å². The number of anilines is 3. The molecule has 12 rings (SSSR count). The van der Waals surface area contributed by atoms with Crippen molar-refractivity contribution in [3.8, 4) is 23.0 Å². The SMILES string of the molecule is CC(C)Oc1ccccc1N1CCN(C2CCC(NS(=O)(=O)c3cccnc3)CC2)CC1.CC(C)Oc1ccccc1N1CCN(C2CCC(NS(=O)(=O)c3cnc(Cl)c(Br)c3)CC2)CC1.COc1ccncc1S(=O)(=O)NC1CCC(N2CCN(c3ccccc3OC(C)C)CC2)CC1. The average molecular weight is 1520 g/mol. The molecule has 0 spiro atoms. The first-order valence-corrected chi connectivity index (χ1v) is 41.1. The first-order chi connectivity index (χ1) is 48.0. The molecule has 3 aliphatic heterocycles. The summed E-state index contributed by atoms with van der Waals surface area (Å²) in [6, 6.07) is 32.5. The predicted octanol–water partition coefficient (Wildman–Crippen LogP) is 11.3. The number of nitrogens with one attached hydrogen (secondary N) is 3. The molecule has 6 aliphatic rings. The second-order valence-corrected chi connectivity index (χ2v) is 33.8. The monoisotopic (exact) mass is 1520 g/mol. The largest absolute Gasteiger partial charge is 0.495 e. The van der Waals surface area contributed by atoms with E-state index < -0.39 is 30.1 Å². The van der Waals surface area contributed by atoms with Crippen molar-refractivity contribution in [2.45, 2.75) is 188 Å². The fourth-order valence-corrected chi connectivity index (χ4v) is 19.1. The van der Waals surface area contributed by atoms with Crippen LogP contribution in [0.4, 0.5) is 17.1 Å². The number of rotatable bonds is 22. The maximum absolute atomic E-state index is 12.9. The van der Waals surface area contributed by atoms with Crippen LogP contribution < -0.4 is 47.8 Å². The van der Waals surface area contributed by atoms with Crippen LogP contribution in [0.2, 0.25) is 5.15 Å². The first kappa shape index (κ1) is 76.7. The highest BCUT2D eigenvalue weighted by molar-refractivity contribution is 9.10. The zero-order valence-corrected chi connectivity index (χ0v) is 63.7. The van der Waals surface area contributed by atoms with Crippen molar-refractivity contribution in [3.05, 3.63) is 138 Å². The molecular formula is C73H102BrClN12O10S3. The molecule has 0 radical (unpaired) electrons. The van der Waals surface area contributed by atoms with Gasteiger partial charge in [-0.15, -0.1) is 0 Å². The highest BCUT2D eigenvalue weighted by atomic mass is 79.9. The van der Waals surface area contributed by atoms with Crippen molar-refractivity contribution in [2.75, 3.05) is 100 Å². The smallest absolute Gasteiger partial charge is 0.246 e. The topological polar surface area (TPSA) is 234 Å². The van der Waals surface area contributed by atoms with Gasteiger partial charge < -0.3 is 33.6 Å². The van der Waals surface area contributed by atoms with Crippen LogP contribution >= 0.6 is 27.5 Å². The van der Waals surface area contributed by atoms with Gasteiger partial charge in [-0.2, -0.15) is 0 Å². The number of halogens is 2. The van der Waals surface area contributed by atoms with E-state index in [0.29, 0.717) is 28.3 Å². The molecule has 3 saturated carbocycles. The van der Waals surface area contributed by atoms with Gasteiger partial charge in [0.05, 0.1) is 53.2 Å². The minimum Gasteiger partial charge on any atom is -0.495 e. The van der Waals surface area contributed by atoms with Crippen molar-refractivity contribution < 1.29 is 44.2 Å². The Morgan fingerprint density at radius 2 is 0.790 bits per heavy atom. The number of ether oxygens (including phenoxy) is 4. The Bertz CT molecular complexity index is 3900. The number of benzene rings is 3. The maximum atomic E-state index is 12.9. The molecule has 0 unspecified atom stereocenters. The van der Waals surface area contributed by atoms with E-state index in [1.165, 1.54) is 49.3 Å². The number of nitrogens with zero attached hydrogens (tertiary/aromatic N) is 9. The second-order valence-electron chi connectivity index (χ2n) is 27.5. The van der Waals surface area contributed by atoms with Gasteiger partial charge in [-0.25, -0.2) is 44.4 Å². The lowest BCUT2D eigenvalue weighted by Crippen LogP contribution is -2.52. The molecule has 3 aliphatic carbocycles. The number of aromatic nitrogens is 3. The zero-order valence-electron chi connectivity index (χ0n) is 58.9. The number of pyridine rings is 3. The van der Waals surface area contributed by atoms with Gasteiger partial charge in [-0.05, 0) is 195 Å². The van der Waals surface area contributed by atoms with Crippen LogP contribution in [0.5, 0.6) is 23.0 Å². The highest BCUT2D eigenvalue weighted by Gasteiger charge is 2.36. The number of piperazine rings is 3. The fraction of sp³-hybridized carbons (Fsp3) is 0.548. The Morgan fingerprint density at radius 3 is 1.14 bits per heavy atom. The Kier molecular flexibility index (Phi) is 27.6. The molecule has 0 amide bonds. The molecule has 546 valence electrons. The third kappa shape index (κ3) is 21.1. The molecule has 6 aromatic rings. The standard InChI is InChI=1S/C25H36N4O4S.C24H32BrClN4O3S.C24H34N4O3S/c1-19(2)33-23-7-5-4-6-22(23)29-16-14-28(15-17-29)21-10-8-20(9-11-21)27-34(30,31)25-18-26-13-12-24(25)32-3;1-17(2)33-23-6-4-3-5-22(23)30-13-11-29(12-14-30)19-9-7-18(8-10-19)28-34(31,32)20-15-21(25)24(26)27-16-20;1-19(2)31-24-8-4-3-7-23(24)28-16-14-27(15-17-28)21-11-9-20(10-12-21)26-32(29,30)22-6-5-13-25-18-22/h4-7,12-13,18-21,27H,8-11,14-17H2,1-3H3;3-6,15-19,28H,7-14H2,1-2H3;3-8,13,18-21,26H,9-12,14-17H2,1-2H3. The minimum atomic E-state index is -3.67. The Hall–Kier alpha value is -5.91. The Morgan fingerprint density at radius 1 is 0.430 bits per heavy atom. The van der Waals surface area contributed by atoms with Crippen LogP contribution in [0.1, 0.15) is 119 Å². The first-order valence-electron chi connectivity index (χ1n) is 35.5. The summed E-state index contributed by atoms with van der Waals surface area (Å²) in [6.07, 6.45) is 18.7. The van der Waals surface area contributed by atoms with E-state index in [2.05, 4.69) is 158 Å². The molecule has 0 atom stereocenters. The van der Waals surface area contributed by atoms with Gasteiger partial charge in [0, 0.05) is 140 Å². The molecule has 3 aromatic heterocycles. The van der Waals surface area contributed by atoms with Gasteiger partial charge in [0.2, 0.25) is 30.1 Å². The predicted molar refractivity (Wildman–Crippen MR) is 399 cm³/mol. The summed E-state index contributed by atoms with van der Waals surface area (Å²) < 4.78 is 109. The van der Waals surface area contributed by atoms with Crippen molar-refractivity contribution >= 4 is 74.7 Å². The molecule has 27 heteroatoms. The Labute approximate surface area is 607 Å². The lowest BCUT2D eigenvalue weighted by molar-refractivity contribution is 0.139. The third-order valence-electron chi connectivity index (χ3n) is 19.5. The van der Waals surface area contributed by atoms with Crippen molar-refractivity contribution in [2.24, 2.45) is 0 Å². The molecular weight excluding hydrogens is 1420 g/mol. The second kappa shape index (κ2) is 36.0. The van der Waals surface area contributed by atoms with E-state index in [1.54, 1.807) is 24.4 Å². The van der Waals surface area contributed by atoms with E-state index in [4.69, 9.17) is 30.5 Å². The summed E-state index contributed by atoms with van der Waals surface area (Å²) in [5.74, 6) is 3.16. The maximum Gasteiger partial charge on any atom is 0.246 e. The van der Waals surface area contributed by atoms with Crippen LogP contribution in [-0.4, -0.2) is 195 Å². The van der Waals surface area contributed by atoms with Crippen LogP contribution in [0, 0.1) is 0 Å². The summed E-state index contributed by atoms with van der Waals surface area (Å²) >= 11 is 9.14. The third-order valence-corrected chi connectivity index (χ3v) is 25.2. The highest BCUT2D eigenvalue weighted by Crippen LogP contribution is 2.36. The molecule has 3 aromatic carbocycles. The van der Waals surface area contributed by atoms with Crippen molar-refractivity contribution in [1.82, 2.24) is 43.8 Å². The molecule has 100 heavy (non-hydrogen) atoms. The lowest BCUT2D eigenvalue weighted by atomic mass is 9.90. The van der Waals surface area contributed by atoms with E-state index in [9.17, 15) is 25.3 Å². The zero-order chi connectivity index (χ0) is 71.0. The molecule has 0 bridgehead atoms. The summed E-state index contributed by atoms with van der Waals surface area (Å²) in [5, 5.41) is 0.246. The van der Waals surface area contributed by atoms with Crippen molar-refractivity contribution in [3.63, 3.8) is 0 Å². The normalized spacial score (nSPS) is 22.3. The summed E-state index contributed by atoms with van der Waals surface area (Å²) in [4.78, 5) is 27.2. The van der Waals surface area contributed by atoms with E-state index >= 15 is 0 Å². The summed E-state index contributed by atoms with van der Waals surface area (Å²) in [6.45, 7) is 24.2. The van der Waals surface area contributed by atoms with Crippen LogP contribution in [0.3, 0.4) is 0 Å². The number of para-hydroxylation sites is 6. The van der Waals surface area contributed by atoms with Crippen LogP contribution in [-0.2, 0) is 30.1 Å². The summed E-state index contributed by atoms with van der Waals surface area (Å²) in [5.41, 5.74) is 3.51. The van der Waals surface area contributed by atoms with Gasteiger partial charge in [0.25, 0.3) is 0 Å². The molecule has 22 nitrogen and oxygen atoms in total. The number of methoxy groups -OCH3 is 1. The van der Waals surface area contributed by atoms with E-state index in [1.807, 2.05) is 30.3 Å². The van der Waals surface area contributed by atoms with Gasteiger partial charge >= 0.3 is 0 Å². The van der Waals surface area contributed by atoms with Gasteiger partial charge in [0.1, 0.15) is 42.8 Å². The minimum absolute atomic E-state index is 0.00203. The van der Waals surface area contributed by atoms with Gasteiger partial charge in [-0.1, -0.05) is 48.0 Å². The van der Waals surface area contributed by atoms with Crippen molar-refractivity contribution in [1.29, 1.82) is 0 Å². The number of hydrogen-bond donors (Lipinski definition) is 3. The quantitative estimate of drug-likeness (QED) is 0.0536. The van der Waals surface area contributed by atoms with Gasteiger partial charge in [-0.3, -0.25) is 24.7 Å². The molecule has 6 heterocycles. The Balaban J connectivity index is 0.000000162. The van der Waals surface area contributed by atoms with Crippen LogP contribution in [0.15, 0.2) is 147 Å². The molecule has 6 fully saturated rings. The summed E-state index contributed by atoms with van der Waals surface area (Å²) in [7, 11) is -9.32. The molecule has 3 saturated heterocycles. The van der Waals surface area contributed by atoms with Gasteiger partial charge in [0.15, 0.2) is 0 Å². The fourth-order valence-electron chi connectivity index (χ4n) is 14.5. The average Bonchev–Trinajstić information content (AvgIpc) is 0.832. The number of hydrogen-bond acceptors (Lipinski definition) is 19. The molecule has 3 N–H and O–H groups in total. The van der Waals surface area contributed by atoms with E-state index in [0.717, 1.165) is 179 Å².